The van der Waals surface area contributed by atoms with Crippen molar-refractivity contribution >= 4 is 18.2 Å². The Labute approximate surface area is 94.1 Å². The molecule has 0 spiro atoms. The van der Waals surface area contributed by atoms with Gasteiger partial charge in [-0.25, -0.2) is 9.97 Å². The molecule has 4 nitrogen and oxygen atoms in total. The van der Waals surface area contributed by atoms with E-state index >= 15 is 0 Å². The van der Waals surface area contributed by atoms with Gasteiger partial charge in [-0.15, -0.1) is 12.4 Å². The first-order chi connectivity index (χ1) is 6.93. The van der Waals surface area contributed by atoms with E-state index in [2.05, 4.69) is 21.5 Å². The van der Waals surface area contributed by atoms with E-state index in [1.807, 2.05) is 16.7 Å². The Balaban J connectivity index is 0.000000853. The molecule has 1 fully saturated rings. The van der Waals surface area contributed by atoms with Crippen LogP contribution in [0.3, 0.4) is 0 Å². The van der Waals surface area contributed by atoms with Crippen LogP contribution in [0.2, 0.25) is 0 Å². The second-order valence-electron chi connectivity index (χ2n) is 3.64. The fourth-order valence-electron chi connectivity index (χ4n) is 1.95. The van der Waals surface area contributed by atoms with Crippen LogP contribution in [-0.4, -0.2) is 20.9 Å². The van der Waals surface area contributed by atoms with Gasteiger partial charge in [-0.05, 0) is 25.5 Å². The van der Waals surface area contributed by atoms with E-state index < -0.39 is 0 Å². The molecule has 0 saturated carbocycles. The number of hydrogen-bond donors (Lipinski definition) is 1. The van der Waals surface area contributed by atoms with E-state index in [4.69, 9.17) is 0 Å². The Kier molecular flexibility index (Phi) is 2.88. The molecule has 0 radical (unpaired) electrons. The Morgan fingerprint density at radius 1 is 1.47 bits per heavy atom. The maximum Gasteiger partial charge on any atom is 0.233 e. The van der Waals surface area contributed by atoms with Gasteiger partial charge < -0.3 is 5.32 Å². The number of nitrogens with zero attached hydrogens (tertiary/aromatic N) is 3. The molecule has 0 amide bonds. The molecule has 80 valence electrons. The van der Waals surface area contributed by atoms with Crippen molar-refractivity contribution in [2.75, 3.05) is 6.54 Å². The second-order valence-corrected chi connectivity index (χ2v) is 3.64. The minimum Gasteiger partial charge on any atom is -0.309 e. The van der Waals surface area contributed by atoms with Crippen molar-refractivity contribution in [3.63, 3.8) is 0 Å². The van der Waals surface area contributed by atoms with Gasteiger partial charge in [0.2, 0.25) is 5.78 Å². The number of fused-ring (bicyclic) bond motifs is 1. The van der Waals surface area contributed by atoms with E-state index in [0.29, 0.717) is 6.04 Å². The topological polar surface area (TPSA) is 42.2 Å². The Morgan fingerprint density at radius 3 is 3.13 bits per heavy atom. The molecule has 5 heteroatoms. The molecule has 1 N–H and O–H groups in total. The van der Waals surface area contributed by atoms with Crippen LogP contribution in [0.5, 0.6) is 0 Å². The molecule has 1 atom stereocenters. The first kappa shape index (κ1) is 10.4. The molecule has 15 heavy (non-hydrogen) atoms. The van der Waals surface area contributed by atoms with Gasteiger partial charge in [0.25, 0.3) is 0 Å². The zero-order chi connectivity index (χ0) is 9.38. The summed E-state index contributed by atoms with van der Waals surface area (Å²) >= 11 is 0. The summed E-state index contributed by atoms with van der Waals surface area (Å²) in [5.74, 6) is 0.788. The molecule has 2 aromatic rings. The summed E-state index contributed by atoms with van der Waals surface area (Å²) in [6, 6.07) is 2.34. The fourth-order valence-corrected chi connectivity index (χ4v) is 1.95. The molecule has 0 bridgehead atoms. The van der Waals surface area contributed by atoms with E-state index in [9.17, 15) is 0 Å². The summed E-state index contributed by atoms with van der Waals surface area (Å²) in [6.45, 7) is 1.10. The lowest BCUT2D eigenvalue weighted by atomic mass is 10.2. The van der Waals surface area contributed by atoms with Crippen molar-refractivity contribution < 1.29 is 0 Å². The smallest absolute Gasteiger partial charge is 0.233 e. The Hall–Kier alpha value is -1.13. The van der Waals surface area contributed by atoms with Gasteiger partial charge in [-0.1, -0.05) is 0 Å². The number of imidazole rings is 1. The third kappa shape index (κ3) is 1.82. The summed E-state index contributed by atoms with van der Waals surface area (Å²) in [4.78, 5) is 8.68. The van der Waals surface area contributed by atoms with Crippen LogP contribution in [0.25, 0.3) is 5.78 Å². The predicted molar refractivity (Wildman–Crippen MR) is 60.2 cm³/mol. The van der Waals surface area contributed by atoms with Crippen molar-refractivity contribution in [1.82, 2.24) is 19.7 Å². The molecule has 3 heterocycles. The maximum atomic E-state index is 4.48. The monoisotopic (exact) mass is 224 g/mol. The van der Waals surface area contributed by atoms with Crippen LogP contribution in [0.1, 0.15) is 24.6 Å². The molecule has 3 rings (SSSR count). The van der Waals surface area contributed by atoms with Crippen molar-refractivity contribution in [2.45, 2.75) is 18.9 Å². The molecule has 1 unspecified atom stereocenters. The number of nitrogens with one attached hydrogen (secondary N) is 1. The van der Waals surface area contributed by atoms with Crippen molar-refractivity contribution in [3.05, 3.63) is 30.4 Å². The highest BCUT2D eigenvalue weighted by Gasteiger charge is 2.18. The first-order valence-corrected chi connectivity index (χ1v) is 4.96. The zero-order valence-corrected chi connectivity index (χ0v) is 9.07. The highest BCUT2D eigenvalue weighted by Crippen LogP contribution is 2.21. The van der Waals surface area contributed by atoms with Gasteiger partial charge in [-0.3, -0.25) is 4.40 Å². The van der Waals surface area contributed by atoms with Crippen molar-refractivity contribution in [2.24, 2.45) is 0 Å². The van der Waals surface area contributed by atoms with Crippen molar-refractivity contribution in [3.8, 4) is 0 Å². The molecule has 2 aromatic heterocycles. The fraction of sp³-hybridized carbons (Fsp3) is 0.400. The Morgan fingerprint density at radius 2 is 2.40 bits per heavy atom. The highest BCUT2D eigenvalue weighted by molar-refractivity contribution is 5.85. The lowest BCUT2D eigenvalue weighted by Crippen LogP contribution is -2.12. The number of aromatic nitrogens is 3. The lowest BCUT2D eigenvalue weighted by Gasteiger charge is -2.03. The average molecular weight is 225 g/mol. The first-order valence-electron chi connectivity index (χ1n) is 4.96. The standard InChI is InChI=1S/C10H12N4.ClH/c1-3-8(11-4-1)9-7-14-6-2-5-12-10(14)13-9;/h2,5-8,11H,1,3-4H2;1H. The summed E-state index contributed by atoms with van der Waals surface area (Å²) in [6.07, 6.45) is 8.24. The van der Waals surface area contributed by atoms with Crippen LogP contribution in [0, 0.1) is 0 Å². The molecule has 1 saturated heterocycles. The van der Waals surface area contributed by atoms with E-state index in [-0.39, 0.29) is 12.4 Å². The second kappa shape index (κ2) is 4.16. The third-order valence-corrected chi connectivity index (χ3v) is 2.67. The Bertz CT molecular complexity index is 414. The quantitative estimate of drug-likeness (QED) is 0.800. The van der Waals surface area contributed by atoms with Crippen LogP contribution in [0.15, 0.2) is 24.7 Å². The third-order valence-electron chi connectivity index (χ3n) is 2.67. The van der Waals surface area contributed by atoms with Gasteiger partial charge in [-0.2, -0.15) is 0 Å². The van der Waals surface area contributed by atoms with Crippen molar-refractivity contribution in [1.29, 1.82) is 0 Å². The van der Waals surface area contributed by atoms with E-state index in [1.54, 1.807) is 6.20 Å². The maximum absolute atomic E-state index is 4.48. The largest absolute Gasteiger partial charge is 0.309 e. The SMILES string of the molecule is Cl.c1cnc2nc(C3CCCN3)cn2c1. The highest BCUT2D eigenvalue weighted by atomic mass is 35.5. The molecule has 0 aromatic carbocycles. The minimum atomic E-state index is 0. The minimum absolute atomic E-state index is 0. The van der Waals surface area contributed by atoms with Crippen LogP contribution < -0.4 is 5.32 Å². The molecular weight excluding hydrogens is 212 g/mol. The van der Waals surface area contributed by atoms with Crippen LogP contribution in [-0.2, 0) is 0 Å². The number of rotatable bonds is 1. The lowest BCUT2D eigenvalue weighted by molar-refractivity contribution is 0.632. The summed E-state index contributed by atoms with van der Waals surface area (Å²) < 4.78 is 1.97. The number of hydrogen-bond acceptors (Lipinski definition) is 3. The normalized spacial score (nSPS) is 20.4. The average Bonchev–Trinajstić information content (AvgIpc) is 2.86. The van der Waals surface area contributed by atoms with Gasteiger partial charge in [0, 0.05) is 18.6 Å². The van der Waals surface area contributed by atoms with Crippen LogP contribution >= 0.6 is 12.4 Å². The molecule has 1 aliphatic heterocycles. The van der Waals surface area contributed by atoms with Crippen LogP contribution in [0.4, 0.5) is 0 Å². The van der Waals surface area contributed by atoms with Gasteiger partial charge in [0.15, 0.2) is 0 Å². The van der Waals surface area contributed by atoms with Gasteiger partial charge in [0.05, 0.1) is 11.7 Å². The van der Waals surface area contributed by atoms with E-state index in [1.165, 1.54) is 12.8 Å². The zero-order valence-electron chi connectivity index (χ0n) is 8.26. The predicted octanol–water partition coefficient (Wildman–Crippen LogP) is 1.58. The summed E-state index contributed by atoms with van der Waals surface area (Å²) in [7, 11) is 0. The van der Waals surface area contributed by atoms with E-state index in [0.717, 1.165) is 18.0 Å². The summed E-state index contributed by atoms with van der Waals surface area (Å²) in [5, 5.41) is 3.43. The molecule has 1 aliphatic rings. The molecule has 0 aliphatic carbocycles. The molecular formula is C10H13ClN4. The number of halogens is 1. The van der Waals surface area contributed by atoms with Gasteiger partial charge in [0.1, 0.15) is 0 Å². The van der Waals surface area contributed by atoms with Gasteiger partial charge >= 0.3 is 0 Å². The summed E-state index contributed by atoms with van der Waals surface area (Å²) in [5.41, 5.74) is 1.11.